The van der Waals surface area contributed by atoms with Crippen LogP contribution in [0.3, 0.4) is 0 Å². The number of aryl methyl sites for hydroxylation is 2. The third kappa shape index (κ3) is 3.82. The van der Waals surface area contributed by atoms with Gasteiger partial charge in [-0.25, -0.2) is 0 Å². The summed E-state index contributed by atoms with van der Waals surface area (Å²) < 4.78 is 0. The summed E-state index contributed by atoms with van der Waals surface area (Å²) in [6.45, 7) is 11.5. The van der Waals surface area contributed by atoms with Gasteiger partial charge in [-0.1, -0.05) is 32.0 Å². The highest BCUT2D eigenvalue weighted by atomic mass is 14.9. The summed E-state index contributed by atoms with van der Waals surface area (Å²) in [6, 6.07) is 8.01. The van der Waals surface area contributed by atoms with E-state index < -0.39 is 0 Å². The minimum atomic E-state index is 0.463. The molecular weight excluding hydrogens is 230 g/mol. The van der Waals surface area contributed by atoms with Crippen LogP contribution in [0, 0.1) is 19.3 Å². The molecule has 0 spiro atoms. The number of benzene rings is 1. The highest BCUT2D eigenvalue weighted by molar-refractivity contribution is 5.31. The molecule has 1 nitrogen and oxygen atoms in total. The maximum absolute atomic E-state index is 3.82. The van der Waals surface area contributed by atoms with Gasteiger partial charge in [0.15, 0.2) is 0 Å². The van der Waals surface area contributed by atoms with Crippen LogP contribution in [0.25, 0.3) is 0 Å². The Morgan fingerprint density at radius 2 is 1.74 bits per heavy atom. The molecule has 1 aliphatic carbocycles. The van der Waals surface area contributed by atoms with E-state index in [9.17, 15) is 0 Å². The first-order chi connectivity index (χ1) is 8.87. The molecule has 1 saturated carbocycles. The van der Waals surface area contributed by atoms with E-state index in [-0.39, 0.29) is 0 Å². The zero-order chi connectivity index (χ0) is 14.0. The second kappa shape index (κ2) is 5.66. The summed E-state index contributed by atoms with van der Waals surface area (Å²) >= 11 is 0. The summed E-state index contributed by atoms with van der Waals surface area (Å²) in [5.41, 5.74) is 4.77. The molecule has 1 N–H and O–H groups in total. The molecule has 0 aromatic heterocycles. The highest BCUT2D eigenvalue weighted by Gasteiger charge is 2.27. The Kier molecular flexibility index (Phi) is 4.35. The Morgan fingerprint density at radius 1 is 1.11 bits per heavy atom. The van der Waals surface area contributed by atoms with Gasteiger partial charge in [0, 0.05) is 12.1 Å². The molecule has 1 aromatic carbocycles. The maximum Gasteiger partial charge on any atom is 0.0294 e. The van der Waals surface area contributed by atoms with Gasteiger partial charge in [-0.05, 0) is 68.6 Å². The Labute approximate surface area is 118 Å². The smallest absolute Gasteiger partial charge is 0.0294 e. The monoisotopic (exact) mass is 259 g/mol. The largest absolute Gasteiger partial charge is 0.307 e. The van der Waals surface area contributed by atoms with Crippen molar-refractivity contribution in [2.24, 2.45) is 5.41 Å². The average molecular weight is 259 g/mol. The first kappa shape index (κ1) is 14.6. The molecule has 0 saturated heterocycles. The van der Waals surface area contributed by atoms with Gasteiger partial charge in [0.25, 0.3) is 0 Å². The van der Waals surface area contributed by atoms with Crippen molar-refractivity contribution in [3.63, 3.8) is 0 Å². The number of hydrogen-bond donors (Lipinski definition) is 1. The van der Waals surface area contributed by atoms with E-state index in [1.165, 1.54) is 42.4 Å². The Morgan fingerprint density at radius 3 is 2.32 bits per heavy atom. The van der Waals surface area contributed by atoms with Crippen molar-refractivity contribution < 1.29 is 0 Å². The van der Waals surface area contributed by atoms with Crippen molar-refractivity contribution in [2.75, 3.05) is 0 Å². The van der Waals surface area contributed by atoms with E-state index in [0.717, 1.165) is 0 Å². The maximum atomic E-state index is 3.82. The minimum Gasteiger partial charge on any atom is -0.307 e. The van der Waals surface area contributed by atoms with Crippen LogP contribution in [0.4, 0.5) is 0 Å². The van der Waals surface area contributed by atoms with Crippen LogP contribution in [0.5, 0.6) is 0 Å². The van der Waals surface area contributed by atoms with Gasteiger partial charge in [-0.15, -0.1) is 0 Å². The normalized spacial score (nSPS) is 21.3. The fraction of sp³-hybridized carbons (Fsp3) is 0.667. The minimum absolute atomic E-state index is 0.463. The van der Waals surface area contributed by atoms with Crippen LogP contribution >= 0.6 is 0 Å². The van der Waals surface area contributed by atoms with Crippen LogP contribution in [-0.4, -0.2) is 6.04 Å². The second-order valence-electron chi connectivity index (χ2n) is 7.17. The van der Waals surface area contributed by atoms with E-state index >= 15 is 0 Å². The van der Waals surface area contributed by atoms with Crippen LogP contribution < -0.4 is 5.32 Å². The van der Waals surface area contributed by atoms with Gasteiger partial charge >= 0.3 is 0 Å². The first-order valence-electron chi connectivity index (χ1n) is 7.71. The van der Waals surface area contributed by atoms with Crippen molar-refractivity contribution in [1.82, 2.24) is 5.32 Å². The molecule has 106 valence electrons. The molecule has 0 aliphatic heterocycles. The van der Waals surface area contributed by atoms with Crippen LogP contribution in [0.1, 0.15) is 69.2 Å². The molecule has 1 aliphatic rings. The molecule has 1 aromatic rings. The second-order valence-corrected chi connectivity index (χ2v) is 7.17. The summed E-state index contributed by atoms with van der Waals surface area (Å²) in [6.07, 6.45) is 5.35. The molecule has 19 heavy (non-hydrogen) atoms. The van der Waals surface area contributed by atoms with Crippen molar-refractivity contribution >= 4 is 0 Å². The predicted octanol–water partition coefficient (Wildman–Crippen LogP) is 4.92. The zero-order valence-electron chi connectivity index (χ0n) is 13.2. The van der Waals surface area contributed by atoms with Crippen LogP contribution in [-0.2, 0) is 0 Å². The molecular formula is C18H29N. The summed E-state index contributed by atoms with van der Waals surface area (Å²) in [4.78, 5) is 0. The lowest BCUT2D eigenvalue weighted by Crippen LogP contribution is -2.37. The van der Waals surface area contributed by atoms with E-state index in [1.807, 2.05) is 0 Å². The van der Waals surface area contributed by atoms with Gasteiger partial charge in [0.05, 0.1) is 0 Å². The Hall–Kier alpha value is -0.820. The molecule has 0 heterocycles. The molecule has 1 fully saturated rings. The van der Waals surface area contributed by atoms with E-state index in [1.54, 1.807) is 0 Å². The molecule has 0 radical (unpaired) electrons. The van der Waals surface area contributed by atoms with Crippen molar-refractivity contribution in [2.45, 2.75) is 72.4 Å². The van der Waals surface area contributed by atoms with Gasteiger partial charge in [0.2, 0.25) is 0 Å². The third-order valence-corrected chi connectivity index (χ3v) is 4.86. The number of rotatable bonds is 3. The predicted molar refractivity (Wildman–Crippen MR) is 83.5 cm³/mol. The third-order valence-electron chi connectivity index (χ3n) is 4.86. The summed E-state index contributed by atoms with van der Waals surface area (Å²) in [5.74, 6) is 0. The molecule has 1 unspecified atom stereocenters. The van der Waals surface area contributed by atoms with Crippen molar-refractivity contribution in [3.05, 3.63) is 34.9 Å². The number of nitrogens with one attached hydrogen (secondary N) is 1. The average Bonchev–Trinajstić information content (AvgIpc) is 2.35. The quantitative estimate of drug-likeness (QED) is 0.812. The van der Waals surface area contributed by atoms with Gasteiger partial charge in [-0.2, -0.15) is 0 Å². The lowest BCUT2D eigenvalue weighted by Gasteiger charge is -2.36. The van der Waals surface area contributed by atoms with E-state index in [4.69, 9.17) is 0 Å². The topological polar surface area (TPSA) is 12.0 Å². The zero-order valence-corrected chi connectivity index (χ0v) is 13.2. The molecule has 1 heteroatoms. The van der Waals surface area contributed by atoms with Crippen molar-refractivity contribution in [3.8, 4) is 0 Å². The highest BCUT2D eigenvalue weighted by Crippen LogP contribution is 2.35. The van der Waals surface area contributed by atoms with E-state index in [2.05, 4.69) is 58.1 Å². The van der Waals surface area contributed by atoms with Gasteiger partial charge in [0.1, 0.15) is 0 Å². The SMILES string of the molecule is Cc1ccc(C(C)NC2CCC(C)(C)CC2)cc1C. The summed E-state index contributed by atoms with van der Waals surface area (Å²) in [7, 11) is 0. The lowest BCUT2D eigenvalue weighted by atomic mass is 9.75. The van der Waals surface area contributed by atoms with Gasteiger partial charge in [-0.3, -0.25) is 0 Å². The standard InChI is InChI=1S/C18H29N/c1-13-6-7-16(12-14(13)2)15(3)19-17-8-10-18(4,5)11-9-17/h6-7,12,15,17,19H,8-11H2,1-5H3. The summed E-state index contributed by atoms with van der Waals surface area (Å²) in [5, 5.41) is 3.82. The first-order valence-corrected chi connectivity index (χ1v) is 7.71. The molecule has 2 rings (SSSR count). The van der Waals surface area contributed by atoms with Gasteiger partial charge < -0.3 is 5.32 Å². The van der Waals surface area contributed by atoms with E-state index in [0.29, 0.717) is 17.5 Å². The molecule has 0 amide bonds. The molecule has 0 bridgehead atoms. The Balaban J connectivity index is 1.94. The fourth-order valence-corrected chi connectivity index (χ4v) is 3.05. The fourth-order valence-electron chi connectivity index (χ4n) is 3.05. The molecule has 1 atom stereocenters. The number of hydrogen-bond acceptors (Lipinski definition) is 1. The Bertz CT molecular complexity index is 423. The van der Waals surface area contributed by atoms with Crippen molar-refractivity contribution in [1.29, 1.82) is 0 Å². The lowest BCUT2D eigenvalue weighted by molar-refractivity contribution is 0.200. The van der Waals surface area contributed by atoms with Crippen LogP contribution in [0.2, 0.25) is 0 Å². The van der Waals surface area contributed by atoms with Crippen LogP contribution in [0.15, 0.2) is 18.2 Å².